The van der Waals surface area contributed by atoms with E-state index in [0.717, 1.165) is 6.61 Å². The van der Waals surface area contributed by atoms with E-state index in [9.17, 15) is 0 Å². The molecule has 4 heteroatoms. The topological polar surface area (TPSA) is 53.7 Å². The molecule has 4 unspecified atom stereocenters. The standard InChI is InChI=1S/C7H13NO3/c1-4-2-9-7-5(11-8)3-10-6(4)7/h4-7H,2-3,8H2,1H3. The highest BCUT2D eigenvalue weighted by Gasteiger charge is 2.46. The van der Waals surface area contributed by atoms with E-state index in [2.05, 4.69) is 6.92 Å². The number of hydrogen-bond acceptors (Lipinski definition) is 4. The predicted octanol–water partition coefficient (Wildman–Crippen LogP) is -0.321. The Morgan fingerprint density at radius 1 is 1.27 bits per heavy atom. The molecule has 0 spiro atoms. The van der Waals surface area contributed by atoms with Gasteiger partial charge in [0.2, 0.25) is 0 Å². The summed E-state index contributed by atoms with van der Waals surface area (Å²) < 4.78 is 10.9. The van der Waals surface area contributed by atoms with Crippen molar-refractivity contribution in [2.75, 3.05) is 13.2 Å². The molecule has 64 valence electrons. The lowest BCUT2D eigenvalue weighted by Gasteiger charge is -2.12. The van der Waals surface area contributed by atoms with Crippen LogP contribution in [0.25, 0.3) is 0 Å². The Bertz CT molecular complexity index is 153. The minimum absolute atomic E-state index is 0.0648. The molecular weight excluding hydrogens is 146 g/mol. The fourth-order valence-electron chi connectivity index (χ4n) is 1.77. The number of hydrogen-bond donors (Lipinski definition) is 1. The van der Waals surface area contributed by atoms with Crippen LogP contribution < -0.4 is 5.90 Å². The van der Waals surface area contributed by atoms with Gasteiger partial charge in [0, 0.05) is 5.92 Å². The van der Waals surface area contributed by atoms with Gasteiger partial charge in [-0.05, 0) is 0 Å². The van der Waals surface area contributed by atoms with E-state index in [-0.39, 0.29) is 18.3 Å². The third kappa shape index (κ3) is 1.06. The highest BCUT2D eigenvalue weighted by atomic mass is 16.7. The molecule has 0 aromatic carbocycles. The van der Waals surface area contributed by atoms with Crippen LogP contribution in [0.3, 0.4) is 0 Å². The maximum atomic E-state index is 5.46. The summed E-state index contributed by atoms with van der Waals surface area (Å²) in [6.07, 6.45) is 0.198. The summed E-state index contributed by atoms with van der Waals surface area (Å²) in [6, 6.07) is 0. The number of fused-ring (bicyclic) bond motifs is 1. The second-order valence-electron chi connectivity index (χ2n) is 3.25. The van der Waals surface area contributed by atoms with Crippen LogP contribution in [0.15, 0.2) is 0 Å². The molecule has 0 aromatic rings. The van der Waals surface area contributed by atoms with Crippen molar-refractivity contribution in [3.8, 4) is 0 Å². The highest BCUT2D eigenvalue weighted by Crippen LogP contribution is 2.31. The summed E-state index contributed by atoms with van der Waals surface area (Å²) in [5.41, 5.74) is 0. The van der Waals surface area contributed by atoms with Gasteiger partial charge in [-0.3, -0.25) is 4.84 Å². The monoisotopic (exact) mass is 159 g/mol. The van der Waals surface area contributed by atoms with Crippen LogP contribution in [0.2, 0.25) is 0 Å². The van der Waals surface area contributed by atoms with E-state index in [0.29, 0.717) is 12.5 Å². The van der Waals surface area contributed by atoms with Gasteiger partial charge in [0.15, 0.2) is 0 Å². The molecule has 0 amide bonds. The maximum Gasteiger partial charge on any atom is 0.131 e. The molecular formula is C7H13NO3. The second kappa shape index (κ2) is 2.71. The van der Waals surface area contributed by atoms with Gasteiger partial charge in [0.1, 0.15) is 12.2 Å². The van der Waals surface area contributed by atoms with Crippen molar-refractivity contribution >= 4 is 0 Å². The quantitative estimate of drug-likeness (QED) is 0.533. The second-order valence-corrected chi connectivity index (χ2v) is 3.25. The first kappa shape index (κ1) is 7.49. The summed E-state index contributed by atoms with van der Waals surface area (Å²) in [4.78, 5) is 4.72. The van der Waals surface area contributed by atoms with Gasteiger partial charge < -0.3 is 9.47 Å². The van der Waals surface area contributed by atoms with Crippen LogP contribution in [-0.4, -0.2) is 31.5 Å². The van der Waals surface area contributed by atoms with Crippen LogP contribution in [0.5, 0.6) is 0 Å². The average molecular weight is 159 g/mol. The van der Waals surface area contributed by atoms with Gasteiger partial charge in [-0.15, -0.1) is 0 Å². The third-order valence-electron chi connectivity index (χ3n) is 2.43. The predicted molar refractivity (Wildman–Crippen MR) is 37.7 cm³/mol. The normalized spacial score (nSPS) is 49.6. The zero-order chi connectivity index (χ0) is 7.84. The van der Waals surface area contributed by atoms with Crippen LogP contribution in [0.1, 0.15) is 6.92 Å². The third-order valence-corrected chi connectivity index (χ3v) is 2.43. The first-order valence-corrected chi connectivity index (χ1v) is 3.91. The van der Waals surface area contributed by atoms with E-state index in [1.54, 1.807) is 0 Å². The molecule has 0 radical (unpaired) electrons. The van der Waals surface area contributed by atoms with Gasteiger partial charge in [-0.2, -0.15) is 0 Å². The summed E-state index contributed by atoms with van der Waals surface area (Å²) in [7, 11) is 0. The molecule has 4 atom stereocenters. The number of ether oxygens (including phenoxy) is 2. The van der Waals surface area contributed by atoms with Gasteiger partial charge in [0.25, 0.3) is 0 Å². The van der Waals surface area contributed by atoms with E-state index < -0.39 is 0 Å². The molecule has 2 aliphatic rings. The molecule has 0 aliphatic carbocycles. The Balaban J connectivity index is 2.04. The Morgan fingerprint density at radius 3 is 2.73 bits per heavy atom. The molecule has 0 aromatic heterocycles. The largest absolute Gasteiger partial charge is 0.372 e. The van der Waals surface area contributed by atoms with Crippen LogP contribution in [0.4, 0.5) is 0 Å². The first-order valence-electron chi connectivity index (χ1n) is 3.91. The van der Waals surface area contributed by atoms with Crippen molar-refractivity contribution in [2.45, 2.75) is 25.2 Å². The number of nitrogens with two attached hydrogens (primary N) is 1. The van der Waals surface area contributed by atoms with E-state index >= 15 is 0 Å². The van der Waals surface area contributed by atoms with Gasteiger partial charge in [0.05, 0.1) is 19.3 Å². The average Bonchev–Trinajstić information content (AvgIpc) is 2.53. The molecule has 2 saturated heterocycles. The Kier molecular flexibility index (Phi) is 1.85. The molecule has 2 N–H and O–H groups in total. The number of rotatable bonds is 1. The van der Waals surface area contributed by atoms with E-state index in [1.807, 2.05) is 0 Å². The van der Waals surface area contributed by atoms with E-state index in [1.165, 1.54) is 0 Å². The van der Waals surface area contributed by atoms with Crippen molar-refractivity contribution in [2.24, 2.45) is 11.8 Å². The smallest absolute Gasteiger partial charge is 0.131 e. The molecule has 0 bridgehead atoms. The Hall–Kier alpha value is -0.160. The highest BCUT2D eigenvalue weighted by molar-refractivity contribution is 4.92. The minimum Gasteiger partial charge on any atom is -0.372 e. The molecule has 2 aliphatic heterocycles. The van der Waals surface area contributed by atoms with Crippen molar-refractivity contribution in [3.63, 3.8) is 0 Å². The molecule has 2 fully saturated rings. The lowest BCUT2D eigenvalue weighted by Crippen LogP contribution is -2.32. The van der Waals surface area contributed by atoms with Gasteiger partial charge in [-0.1, -0.05) is 6.92 Å². The molecule has 0 saturated carbocycles. The first-order chi connectivity index (χ1) is 5.33. The van der Waals surface area contributed by atoms with Gasteiger partial charge in [-0.25, -0.2) is 5.90 Å². The van der Waals surface area contributed by atoms with Crippen molar-refractivity contribution < 1.29 is 14.3 Å². The molecule has 2 heterocycles. The summed E-state index contributed by atoms with van der Waals surface area (Å²) >= 11 is 0. The van der Waals surface area contributed by atoms with Crippen molar-refractivity contribution in [1.82, 2.24) is 0 Å². The van der Waals surface area contributed by atoms with Crippen LogP contribution in [-0.2, 0) is 14.3 Å². The summed E-state index contributed by atoms with van der Waals surface area (Å²) in [5, 5.41) is 0. The summed E-state index contributed by atoms with van der Waals surface area (Å²) in [6.45, 7) is 3.44. The molecule has 4 nitrogen and oxygen atoms in total. The lowest BCUT2D eigenvalue weighted by molar-refractivity contribution is -0.0333. The maximum absolute atomic E-state index is 5.46. The van der Waals surface area contributed by atoms with E-state index in [4.69, 9.17) is 20.2 Å². The molecule has 2 rings (SSSR count). The lowest BCUT2D eigenvalue weighted by atomic mass is 10.0. The zero-order valence-electron chi connectivity index (χ0n) is 6.53. The van der Waals surface area contributed by atoms with Crippen molar-refractivity contribution in [1.29, 1.82) is 0 Å². The zero-order valence-corrected chi connectivity index (χ0v) is 6.53. The minimum atomic E-state index is -0.0649. The SMILES string of the molecule is CC1COC2C(ON)COC12. The van der Waals surface area contributed by atoms with Crippen LogP contribution in [0, 0.1) is 5.92 Å². The Morgan fingerprint density at radius 2 is 2.00 bits per heavy atom. The van der Waals surface area contributed by atoms with Crippen molar-refractivity contribution in [3.05, 3.63) is 0 Å². The molecule has 11 heavy (non-hydrogen) atoms. The van der Waals surface area contributed by atoms with Gasteiger partial charge >= 0.3 is 0 Å². The summed E-state index contributed by atoms with van der Waals surface area (Å²) in [5.74, 6) is 5.55. The fourth-order valence-corrected chi connectivity index (χ4v) is 1.77. The van der Waals surface area contributed by atoms with Crippen LogP contribution >= 0.6 is 0 Å². The Labute approximate surface area is 65.6 Å². The fraction of sp³-hybridized carbons (Fsp3) is 1.00.